The summed E-state index contributed by atoms with van der Waals surface area (Å²) in [5.41, 5.74) is 1.91. The largest absolute Gasteiger partial charge is 0.326 e. The summed E-state index contributed by atoms with van der Waals surface area (Å²) in [6.45, 7) is 3.56. The Kier molecular flexibility index (Phi) is 6.02. The van der Waals surface area contributed by atoms with Crippen LogP contribution in [0.4, 0.5) is 11.4 Å². The molecule has 3 aromatic rings. The molecule has 0 atom stereocenters. The number of rotatable bonds is 6. The Hall–Kier alpha value is -2.42. The van der Waals surface area contributed by atoms with Crippen LogP contribution in [0.25, 0.3) is 0 Å². The van der Waals surface area contributed by atoms with Gasteiger partial charge in [-0.3, -0.25) is 9.52 Å². The second-order valence-electron chi connectivity index (χ2n) is 6.15. The summed E-state index contributed by atoms with van der Waals surface area (Å²) < 4.78 is 28.1. The van der Waals surface area contributed by atoms with Gasteiger partial charge in [0.15, 0.2) is 0 Å². The van der Waals surface area contributed by atoms with Gasteiger partial charge in [-0.05, 0) is 43.7 Å². The van der Waals surface area contributed by atoms with Gasteiger partial charge in [-0.15, -0.1) is 11.3 Å². The summed E-state index contributed by atoms with van der Waals surface area (Å²) in [6.07, 6.45) is 0.123. The van der Waals surface area contributed by atoms with Crippen molar-refractivity contribution in [2.75, 3.05) is 10.0 Å². The van der Waals surface area contributed by atoms with Crippen molar-refractivity contribution in [2.24, 2.45) is 0 Å². The number of carbonyl (C=O) groups is 1. The molecule has 1 heterocycles. The highest BCUT2D eigenvalue weighted by molar-refractivity contribution is 7.92. The molecule has 146 valence electrons. The van der Waals surface area contributed by atoms with E-state index in [9.17, 15) is 13.2 Å². The van der Waals surface area contributed by atoms with E-state index in [1.165, 1.54) is 17.4 Å². The Labute approximate surface area is 172 Å². The van der Waals surface area contributed by atoms with Crippen molar-refractivity contribution in [3.63, 3.8) is 0 Å². The van der Waals surface area contributed by atoms with E-state index in [-0.39, 0.29) is 22.9 Å². The number of halogens is 1. The van der Waals surface area contributed by atoms with Crippen LogP contribution in [0.1, 0.15) is 16.3 Å². The van der Waals surface area contributed by atoms with Crippen LogP contribution < -0.4 is 10.0 Å². The lowest BCUT2D eigenvalue weighted by Gasteiger charge is -2.13. The van der Waals surface area contributed by atoms with Gasteiger partial charge in [-0.2, -0.15) is 0 Å². The number of hydrogen-bond donors (Lipinski definition) is 2. The molecule has 1 amide bonds. The van der Waals surface area contributed by atoms with Crippen LogP contribution in [0, 0.1) is 13.8 Å². The van der Waals surface area contributed by atoms with E-state index < -0.39 is 10.0 Å². The lowest BCUT2D eigenvalue weighted by molar-refractivity contribution is -0.115. The standard InChI is InChI=1S/C19H18ClN3O3S2/c1-12-7-8-14(22-19(24)10-15-11-27-13(2)21-15)9-18(12)28(25,26)23-17-6-4-3-5-16(17)20/h3-9,11,23H,10H2,1-2H3,(H,22,24). The molecular formula is C19H18ClN3O3S2. The van der Waals surface area contributed by atoms with E-state index in [4.69, 9.17) is 11.6 Å². The SMILES string of the molecule is Cc1nc(CC(=O)Nc2ccc(C)c(S(=O)(=O)Nc3ccccc3Cl)c2)cs1. The maximum Gasteiger partial charge on any atom is 0.262 e. The number of thiazole rings is 1. The van der Waals surface area contributed by atoms with Crippen LogP contribution in [-0.2, 0) is 21.2 Å². The van der Waals surface area contributed by atoms with Gasteiger partial charge < -0.3 is 5.32 Å². The molecule has 0 bridgehead atoms. The van der Waals surface area contributed by atoms with Crippen molar-refractivity contribution in [3.05, 3.63) is 69.1 Å². The van der Waals surface area contributed by atoms with Crippen LogP contribution in [0.15, 0.2) is 52.7 Å². The summed E-state index contributed by atoms with van der Waals surface area (Å²) in [6, 6.07) is 11.3. The highest BCUT2D eigenvalue weighted by Gasteiger charge is 2.19. The van der Waals surface area contributed by atoms with Gasteiger partial charge >= 0.3 is 0 Å². The molecule has 3 rings (SSSR count). The van der Waals surface area contributed by atoms with E-state index >= 15 is 0 Å². The average Bonchev–Trinajstić information content (AvgIpc) is 3.03. The van der Waals surface area contributed by atoms with Crippen molar-refractivity contribution in [2.45, 2.75) is 25.2 Å². The molecule has 0 unspecified atom stereocenters. The maximum atomic E-state index is 12.8. The highest BCUT2D eigenvalue weighted by atomic mass is 35.5. The number of nitrogens with zero attached hydrogens (tertiary/aromatic N) is 1. The number of para-hydroxylation sites is 1. The molecule has 0 aliphatic heterocycles. The van der Waals surface area contributed by atoms with Crippen LogP contribution >= 0.6 is 22.9 Å². The summed E-state index contributed by atoms with van der Waals surface area (Å²) in [4.78, 5) is 16.6. The number of carbonyl (C=O) groups excluding carboxylic acids is 1. The van der Waals surface area contributed by atoms with E-state index in [2.05, 4.69) is 15.0 Å². The Bertz CT molecular complexity index is 1130. The third-order valence-corrected chi connectivity index (χ3v) is 6.55. The molecule has 0 aliphatic carbocycles. The van der Waals surface area contributed by atoms with Gasteiger partial charge in [0.05, 0.1) is 32.7 Å². The molecule has 6 nitrogen and oxygen atoms in total. The molecule has 0 radical (unpaired) electrons. The van der Waals surface area contributed by atoms with Crippen molar-refractivity contribution in [3.8, 4) is 0 Å². The van der Waals surface area contributed by atoms with E-state index in [1.807, 2.05) is 12.3 Å². The molecule has 2 aromatic carbocycles. The molecule has 0 saturated carbocycles. The van der Waals surface area contributed by atoms with E-state index in [1.54, 1.807) is 43.3 Å². The first-order valence-electron chi connectivity index (χ1n) is 8.33. The third-order valence-electron chi connectivity index (χ3n) is 3.89. The molecule has 0 saturated heterocycles. The van der Waals surface area contributed by atoms with Crippen LogP contribution in [0.5, 0.6) is 0 Å². The number of amides is 1. The summed E-state index contributed by atoms with van der Waals surface area (Å²) in [7, 11) is -3.88. The lowest BCUT2D eigenvalue weighted by atomic mass is 10.2. The number of anilines is 2. The number of sulfonamides is 1. The summed E-state index contributed by atoms with van der Waals surface area (Å²) in [5.74, 6) is -0.267. The normalized spacial score (nSPS) is 11.2. The minimum absolute atomic E-state index is 0.0646. The number of aromatic nitrogens is 1. The Morgan fingerprint density at radius 2 is 1.93 bits per heavy atom. The third kappa shape index (κ3) is 4.89. The van der Waals surface area contributed by atoms with Crippen molar-refractivity contribution in [1.29, 1.82) is 0 Å². The predicted octanol–water partition coefficient (Wildman–Crippen LogP) is 4.40. The van der Waals surface area contributed by atoms with Gasteiger partial charge in [0.1, 0.15) is 0 Å². The second kappa shape index (κ2) is 8.30. The molecule has 9 heteroatoms. The second-order valence-corrected chi connectivity index (χ2v) is 9.27. The van der Waals surface area contributed by atoms with Crippen molar-refractivity contribution < 1.29 is 13.2 Å². The quantitative estimate of drug-likeness (QED) is 0.600. The van der Waals surface area contributed by atoms with Crippen molar-refractivity contribution in [1.82, 2.24) is 4.98 Å². The highest BCUT2D eigenvalue weighted by Crippen LogP contribution is 2.27. The minimum atomic E-state index is -3.88. The maximum absolute atomic E-state index is 12.8. The molecule has 0 spiro atoms. The van der Waals surface area contributed by atoms with Gasteiger partial charge in [0.2, 0.25) is 5.91 Å². The first-order valence-corrected chi connectivity index (χ1v) is 11.1. The number of hydrogen-bond acceptors (Lipinski definition) is 5. The fourth-order valence-corrected chi connectivity index (χ4v) is 4.77. The minimum Gasteiger partial charge on any atom is -0.326 e. The Balaban J connectivity index is 1.80. The molecule has 2 N–H and O–H groups in total. The first kappa shape index (κ1) is 20.3. The zero-order valence-electron chi connectivity index (χ0n) is 15.2. The lowest BCUT2D eigenvalue weighted by Crippen LogP contribution is -2.17. The molecular weight excluding hydrogens is 418 g/mol. The zero-order valence-corrected chi connectivity index (χ0v) is 17.6. The zero-order chi connectivity index (χ0) is 20.3. The topological polar surface area (TPSA) is 88.2 Å². The monoisotopic (exact) mass is 435 g/mol. The number of aryl methyl sites for hydroxylation is 2. The van der Waals surface area contributed by atoms with Crippen molar-refractivity contribution >= 4 is 50.2 Å². The van der Waals surface area contributed by atoms with Gasteiger partial charge in [-0.1, -0.05) is 29.8 Å². The Morgan fingerprint density at radius 3 is 2.61 bits per heavy atom. The summed E-state index contributed by atoms with van der Waals surface area (Å²) >= 11 is 7.52. The molecule has 0 aliphatic rings. The summed E-state index contributed by atoms with van der Waals surface area (Å²) in [5, 5.41) is 5.73. The van der Waals surface area contributed by atoms with Gasteiger partial charge in [0, 0.05) is 11.1 Å². The van der Waals surface area contributed by atoms with Crippen LogP contribution in [0.2, 0.25) is 5.02 Å². The van der Waals surface area contributed by atoms with Crippen LogP contribution in [-0.4, -0.2) is 19.3 Å². The molecule has 0 fully saturated rings. The molecule has 28 heavy (non-hydrogen) atoms. The van der Waals surface area contributed by atoms with E-state index in [0.29, 0.717) is 22.0 Å². The molecule has 1 aromatic heterocycles. The number of benzene rings is 2. The fourth-order valence-electron chi connectivity index (χ4n) is 2.57. The van der Waals surface area contributed by atoms with Gasteiger partial charge in [-0.25, -0.2) is 13.4 Å². The number of nitrogens with one attached hydrogen (secondary N) is 2. The fraction of sp³-hybridized carbons (Fsp3) is 0.158. The average molecular weight is 436 g/mol. The van der Waals surface area contributed by atoms with Crippen LogP contribution in [0.3, 0.4) is 0 Å². The predicted molar refractivity (Wildman–Crippen MR) is 113 cm³/mol. The first-order chi connectivity index (χ1) is 13.2. The van der Waals surface area contributed by atoms with Gasteiger partial charge in [0.25, 0.3) is 10.0 Å². The Morgan fingerprint density at radius 1 is 1.18 bits per heavy atom. The smallest absolute Gasteiger partial charge is 0.262 e. The van der Waals surface area contributed by atoms with E-state index in [0.717, 1.165) is 5.01 Å².